The molecule has 1 saturated heterocycles. The molecule has 0 aromatic carbocycles. The van der Waals surface area contributed by atoms with Crippen LogP contribution in [0.5, 0.6) is 0 Å². The van der Waals surface area contributed by atoms with Gasteiger partial charge in [0, 0.05) is 38.4 Å². The highest BCUT2D eigenvalue weighted by atomic mass is 16.2. The molecule has 2 amide bonds. The van der Waals surface area contributed by atoms with Crippen LogP contribution in [0.15, 0.2) is 18.3 Å². The lowest BCUT2D eigenvalue weighted by Gasteiger charge is -2.21. The van der Waals surface area contributed by atoms with Gasteiger partial charge in [0.1, 0.15) is 0 Å². The number of pyridine rings is 1. The molecule has 2 N–H and O–H groups in total. The van der Waals surface area contributed by atoms with Crippen LogP contribution in [-0.4, -0.2) is 53.3 Å². The van der Waals surface area contributed by atoms with Gasteiger partial charge in [-0.1, -0.05) is 0 Å². The Hall–Kier alpha value is -1.95. The normalized spacial score (nSPS) is 14.4. The van der Waals surface area contributed by atoms with Gasteiger partial charge in [-0.15, -0.1) is 0 Å². The van der Waals surface area contributed by atoms with Crippen molar-refractivity contribution in [3.63, 3.8) is 0 Å². The summed E-state index contributed by atoms with van der Waals surface area (Å²) < 4.78 is 0. The maximum Gasteiger partial charge on any atom is 0.254 e. The van der Waals surface area contributed by atoms with Gasteiger partial charge in [-0.25, -0.2) is 0 Å². The molecule has 1 fully saturated rings. The van der Waals surface area contributed by atoms with E-state index in [9.17, 15) is 9.59 Å². The number of likely N-dealkylation sites (tertiary alicyclic amines) is 1. The van der Waals surface area contributed by atoms with Crippen molar-refractivity contribution in [2.45, 2.75) is 19.4 Å². The van der Waals surface area contributed by atoms with E-state index in [1.807, 2.05) is 4.90 Å². The van der Waals surface area contributed by atoms with Crippen LogP contribution in [0.2, 0.25) is 0 Å². The molecule has 6 heteroatoms. The lowest BCUT2D eigenvalue weighted by molar-refractivity contribution is -0.130. The Morgan fingerprint density at radius 3 is 2.75 bits per heavy atom. The van der Waals surface area contributed by atoms with E-state index in [4.69, 9.17) is 5.73 Å². The molecule has 0 atom stereocenters. The monoisotopic (exact) mass is 276 g/mol. The third kappa shape index (κ3) is 3.33. The molecule has 0 bridgehead atoms. The molecule has 2 rings (SSSR count). The number of hydrogen-bond donors (Lipinski definition) is 1. The Morgan fingerprint density at radius 2 is 2.10 bits per heavy atom. The zero-order valence-corrected chi connectivity index (χ0v) is 11.7. The standard InChI is InChI=1S/C14H20N4O2/c1-17(10-13(19)18-6-2-3-7-18)14(20)11-4-5-16-12(8-11)9-15/h4-5,8H,2-3,6-7,9-10,15H2,1H3. The van der Waals surface area contributed by atoms with E-state index < -0.39 is 0 Å². The summed E-state index contributed by atoms with van der Waals surface area (Å²) in [6.07, 6.45) is 3.66. The number of rotatable bonds is 4. The molecule has 0 saturated carbocycles. The van der Waals surface area contributed by atoms with Crippen LogP contribution in [0.1, 0.15) is 28.9 Å². The first-order valence-electron chi connectivity index (χ1n) is 6.80. The van der Waals surface area contributed by atoms with Gasteiger partial charge in [0.15, 0.2) is 0 Å². The van der Waals surface area contributed by atoms with Gasteiger partial charge in [-0.2, -0.15) is 0 Å². The fraction of sp³-hybridized carbons (Fsp3) is 0.500. The second kappa shape index (κ2) is 6.47. The fourth-order valence-electron chi connectivity index (χ4n) is 2.28. The number of aromatic nitrogens is 1. The number of amides is 2. The molecule has 0 radical (unpaired) electrons. The number of carbonyl (C=O) groups excluding carboxylic acids is 2. The Bertz CT molecular complexity index is 498. The zero-order chi connectivity index (χ0) is 14.5. The molecule has 0 unspecified atom stereocenters. The molecule has 2 heterocycles. The van der Waals surface area contributed by atoms with Crippen molar-refractivity contribution in [2.24, 2.45) is 5.73 Å². The summed E-state index contributed by atoms with van der Waals surface area (Å²) in [4.78, 5) is 31.6. The number of nitrogens with two attached hydrogens (primary N) is 1. The SMILES string of the molecule is CN(CC(=O)N1CCCC1)C(=O)c1ccnc(CN)c1. The van der Waals surface area contributed by atoms with Crippen LogP contribution in [-0.2, 0) is 11.3 Å². The smallest absolute Gasteiger partial charge is 0.254 e. The van der Waals surface area contributed by atoms with Crippen LogP contribution < -0.4 is 5.73 Å². The Kier molecular flexibility index (Phi) is 4.68. The summed E-state index contributed by atoms with van der Waals surface area (Å²) in [5.74, 6) is -0.180. The van der Waals surface area contributed by atoms with Crippen LogP contribution in [0.4, 0.5) is 0 Å². The van der Waals surface area contributed by atoms with E-state index >= 15 is 0 Å². The lowest BCUT2D eigenvalue weighted by Crippen LogP contribution is -2.39. The van der Waals surface area contributed by atoms with Gasteiger partial charge in [0.05, 0.1) is 12.2 Å². The highest BCUT2D eigenvalue weighted by Crippen LogP contribution is 2.09. The Morgan fingerprint density at radius 1 is 1.40 bits per heavy atom. The molecular formula is C14H20N4O2. The Labute approximate surface area is 118 Å². The fourth-order valence-corrected chi connectivity index (χ4v) is 2.28. The van der Waals surface area contributed by atoms with E-state index in [1.165, 1.54) is 4.90 Å². The van der Waals surface area contributed by atoms with Crippen molar-refractivity contribution in [1.29, 1.82) is 0 Å². The van der Waals surface area contributed by atoms with Gasteiger partial charge in [0.25, 0.3) is 5.91 Å². The maximum atomic E-state index is 12.2. The van der Waals surface area contributed by atoms with E-state index in [0.717, 1.165) is 25.9 Å². The molecule has 1 aliphatic heterocycles. The van der Waals surface area contributed by atoms with E-state index in [2.05, 4.69) is 4.98 Å². The average molecular weight is 276 g/mol. The van der Waals surface area contributed by atoms with Crippen molar-refractivity contribution in [3.05, 3.63) is 29.6 Å². The summed E-state index contributed by atoms with van der Waals surface area (Å²) in [7, 11) is 1.64. The third-order valence-corrected chi connectivity index (χ3v) is 3.45. The number of nitrogens with zero attached hydrogens (tertiary/aromatic N) is 3. The van der Waals surface area contributed by atoms with Gasteiger partial charge in [-0.3, -0.25) is 14.6 Å². The number of likely N-dealkylation sites (N-methyl/N-ethyl adjacent to an activating group) is 1. The summed E-state index contributed by atoms with van der Waals surface area (Å²) >= 11 is 0. The second-order valence-corrected chi connectivity index (χ2v) is 4.99. The summed E-state index contributed by atoms with van der Waals surface area (Å²) in [6, 6.07) is 3.30. The quantitative estimate of drug-likeness (QED) is 0.854. The summed E-state index contributed by atoms with van der Waals surface area (Å²) in [5.41, 5.74) is 6.68. The van der Waals surface area contributed by atoms with Crippen molar-refractivity contribution >= 4 is 11.8 Å². The van der Waals surface area contributed by atoms with E-state index in [-0.39, 0.29) is 24.9 Å². The lowest BCUT2D eigenvalue weighted by atomic mass is 10.2. The Balaban J connectivity index is 1.98. The highest BCUT2D eigenvalue weighted by Gasteiger charge is 2.21. The molecular weight excluding hydrogens is 256 g/mol. The van der Waals surface area contributed by atoms with Crippen molar-refractivity contribution in [1.82, 2.24) is 14.8 Å². The third-order valence-electron chi connectivity index (χ3n) is 3.45. The molecule has 1 aromatic rings. The zero-order valence-electron chi connectivity index (χ0n) is 11.7. The number of carbonyl (C=O) groups is 2. The minimum absolute atomic E-state index is 0.00598. The molecule has 0 aliphatic carbocycles. The maximum absolute atomic E-state index is 12.2. The molecule has 108 valence electrons. The molecule has 0 spiro atoms. The van der Waals surface area contributed by atoms with Gasteiger partial charge >= 0.3 is 0 Å². The van der Waals surface area contributed by atoms with E-state index in [0.29, 0.717) is 11.3 Å². The minimum Gasteiger partial charge on any atom is -0.341 e. The first kappa shape index (κ1) is 14.5. The van der Waals surface area contributed by atoms with Gasteiger partial charge < -0.3 is 15.5 Å². The van der Waals surface area contributed by atoms with Gasteiger partial charge in [-0.05, 0) is 25.0 Å². The molecule has 20 heavy (non-hydrogen) atoms. The number of hydrogen-bond acceptors (Lipinski definition) is 4. The molecule has 1 aliphatic rings. The van der Waals surface area contributed by atoms with Crippen LogP contribution >= 0.6 is 0 Å². The highest BCUT2D eigenvalue weighted by molar-refractivity contribution is 5.96. The average Bonchev–Trinajstić information content (AvgIpc) is 3.00. The van der Waals surface area contributed by atoms with E-state index in [1.54, 1.807) is 25.4 Å². The predicted octanol–water partition coefficient (Wildman–Crippen LogP) is 0.235. The molecule has 1 aromatic heterocycles. The van der Waals surface area contributed by atoms with Crippen molar-refractivity contribution < 1.29 is 9.59 Å². The summed E-state index contributed by atoms with van der Waals surface area (Å²) in [5, 5.41) is 0. The largest absolute Gasteiger partial charge is 0.341 e. The van der Waals surface area contributed by atoms with Crippen molar-refractivity contribution in [2.75, 3.05) is 26.7 Å². The molecule has 6 nitrogen and oxygen atoms in total. The van der Waals surface area contributed by atoms with Crippen LogP contribution in [0.3, 0.4) is 0 Å². The van der Waals surface area contributed by atoms with Crippen molar-refractivity contribution in [3.8, 4) is 0 Å². The van der Waals surface area contributed by atoms with Gasteiger partial charge in [0.2, 0.25) is 5.91 Å². The second-order valence-electron chi connectivity index (χ2n) is 4.99. The topological polar surface area (TPSA) is 79.5 Å². The van der Waals surface area contributed by atoms with Crippen LogP contribution in [0.25, 0.3) is 0 Å². The predicted molar refractivity (Wildman–Crippen MR) is 74.9 cm³/mol. The minimum atomic E-state index is -0.186. The first-order valence-corrected chi connectivity index (χ1v) is 6.80. The summed E-state index contributed by atoms with van der Waals surface area (Å²) in [6.45, 7) is 2.00. The van der Waals surface area contributed by atoms with Crippen LogP contribution in [0, 0.1) is 0 Å². The first-order chi connectivity index (χ1) is 9.61.